The Balaban J connectivity index is 1.18. The van der Waals surface area contributed by atoms with Crippen LogP contribution in [-0.4, -0.2) is 64.9 Å². The number of carbonyl (C=O) groups excluding carboxylic acids is 2. The fraction of sp³-hybridized carbons (Fsp3) is 0.381. The summed E-state index contributed by atoms with van der Waals surface area (Å²) in [4.78, 5) is 33.1. The third-order valence-electron chi connectivity index (χ3n) is 5.88. The number of nitrogens with zero attached hydrogens (tertiary/aromatic N) is 3. The van der Waals surface area contributed by atoms with Crippen molar-refractivity contribution in [1.82, 2.24) is 20.1 Å². The number of thiophene rings is 1. The van der Waals surface area contributed by atoms with Crippen LogP contribution >= 0.6 is 34.3 Å². The van der Waals surface area contributed by atoms with Gasteiger partial charge in [-0.05, 0) is 18.6 Å². The second-order valence-corrected chi connectivity index (χ2v) is 10.4. The summed E-state index contributed by atoms with van der Waals surface area (Å²) in [6.07, 6.45) is -2.01. The Hall–Kier alpha value is -2.21. The Labute approximate surface area is 200 Å². The number of hydrogen-bond acceptors (Lipinski definition) is 6. The molecule has 2 amide bonds. The van der Waals surface area contributed by atoms with Crippen molar-refractivity contribution in [3.8, 4) is 0 Å². The SMILES string of the molecule is O=C(c1nccs1)N1CCC(NC2CN(C(=O)c3sc4cc(C(F)(F)F)ccc4c3Cl)C2)C1. The molecule has 1 unspecified atom stereocenters. The van der Waals surface area contributed by atoms with E-state index in [1.54, 1.807) is 21.4 Å². The number of amides is 2. The van der Waals surface area contributed by atoms with Gasteiger partial charge in [-0.15, -0.1) is 22.7 Å². The van der Waals surface area contributed by atoms with E-state index in [-0.39, 0.29) is 33.8 Å². The van der Waals surface area contributed by atoms with Crippen LogP contribution in [0.3, 0.4) is 0 Å². The summed E-state index contributed by atoms with van der Waals surface area (Å²) < 4.78 is 39.3. The van der Waals surface area contributed by atoms with Crippen molar-refractivity contribution in [2.24, 2.45) is 0 Å². The molecule has 2 aliphatic rings. The molecule has 2 fully saturated rings. The minimum absolute atomic E-state index is 0.0622. The molecule has 174 valence electrons. The molecule has 0 spiro atoms. The summed E-state index contributed by atoms with van der Waals surface area (Å²) >= 11 is 8.64. The zero-order chi connectivity index (χ0) is 23.3. The van der Waals surface area contributed by atoms with Crippen LogP contribution in [0.2, 0.25) is 5.02 Å². The molecule has 1 aromatic carbocycles. The maximum atomic E-state index is 13.0. The van der Waals surface area contributed by atoms with Crippen molar-refractivity contribution < 1.29 is 22.8 Å². The van der Waals surface area contributed by atoms with E-state index in [1.165, 1.54) is 17.4 Å². The van der Waals surface area contributed by atoms with Gasteiger partial charge in [0, 0.05) is 59.9 Å². The number of alkyl halides is 3. The lowest BCUT2D eigenvalue weighted by atomic mass is 10.1. The average Bonchev–Trinajstić information content (AvgIpc) is 3.49. The number of hydrogen-bond donors (Lipinski definition) is 1. The highest BCUT2D eigenvalue weighted by molar-refractivity contribution is 7.21. The van der Waals surface area contributed by atoms with Crippen LogP contribution in [-0.2, 0) is 6.18 Å². The van der Waals surface area contributed by atoms with Crippen LogP contribution in [0.4, 0.5) is 13.2 Å². The molecule has 4 heterocycles. The topological polar surface area (TPSA) is 65.5 Å². The minimum Gasteiger partial charge on any atom is -0.335 e. The number of carbonyl (C=O) groups is 2. The fourth-order valence-electron chi connectivity index (χ4n) is 4.15. The van der Waals surface area contributed by atoms with E-state index in [0.29, 0.717) is 41.3 Å². The summed E-state index contributed by atoms with van der Waals surface area (Å²) in [6, 6.07) is 3.56. The Kier molecular flexibility index (Phi) is 5.84. The van der Waals surface area contributed by atoms with Crippen LogP contribution in [0.5, 0.6) is 0 Å². The molecule has 1 N–H and O–H groups in total. The summed E-state index contributed by atoms with van der Waals surface area (Å²) in [5, 5.41) is 6.39. The van der Waals surface area contributed by atoms with Gasteiger partial charge >= 0.3 is 6.18 Å². The second-order valence-electron chi connectivity index (χ2n) is 8.10. The normalized spacial score (nSPS) is 19.3. The third kappa shape index (κ3) is 4.34. The summed E-state index contributed by atoms with van der Waals surface area (Å²) in [7, 11) is 0. The number of likely N-dealkylation sites (tertiary alicyclic amines) is 2. The molecule has 0 saturated carbocycles. The smallest absolute Gasteiger partial charge is 0.335 e. The summed E-state index contributed by atoms with van der Waals surface area (Å²) in [5.74, 6) is -0.340. The van der Waals surface area contributed by atoms with E-state index in [4.69, 9.17) is 11.6 Å². The van der Waals surface area contributed by atoms with Gasteiger partial charge in [-0.2, -0.15) is 13.2 Å². The van der Waals surface area contributed by atoms with Gasteiger partial charge in [0.15, 0.2) is 5.01 Å². The van der Waals surface area contributed by atoms with Gasteiger partial charge in [-0.1, -0.05) is 17.7 Å². The molecule has 1 atom stereocenters. The first-order chi connectivity index (χ1) is 15.7. The quantitative estimate of drug-likeness (QED) is 0.562. The van der Waals surface area contributed by atoms with Gasteiger partial charge in [0.1, 0.15) is 4.88 Å². The van der Waals surface area contributed by atoms with E-state index in [9.17, 15) is 22.8 Å². The van der Waals surface area contributed by atoms with Crippen LogP contribution in [0.15, 0.2) is 29.8 Å². The molecule has 0 aliphatic carbocycles. The average molecular weight is 515 g/mol. The second kappa shape index (κ2) is 8.53. The van der Waals surface area contributed by atoms with Crippen molar-refractivity contribution in [3.05, 3.63) is 50.2 Å². The molecule has 5 rings (SSSR count). The van der Waals surface area contributed by atoms with Crippen LogP contribution in [0.25, 0.3) is 10.1 Å². The number of thiazole rings is 1. The first-order valence-electron chi connectivity index (χ1n) is 10.2. The predicted molar refractivity (Wildman–Crippen MR) is 121 cm³/mol. The van der Waals surface area contributed by atoms with Crippen molar-refractivity contribution >= 4 is 56.2 Å². The Morgan fingerprint density at radius 2 is 1.88 bits per heavy atom. The van der Waals surface area contributed by atoms with Crippen LogP contribution in [0, 0.1) is 0 Å². The molecular formula is C21H18ClF3N4O2S2. The molecule has 0 radical (unpaired) electrons. The lowest BCUT2D eigenvalue weighted by Crippen LogP contribution is -2.62. The highest BCUT2D eigenvalue weighted by Crippen LogP contribution is 2.40. The minimum atomic E-state index is -4.45. The van der Waals surface area contributed by atoms with Crippen molar-refractivity contribution in [1.29, 1.82) is 0 Å². The van der Waals surface area contributed by atoms with E-state index in [2.05, 4.69) is 10.3 Å². The van der Waals surface area contributed by atoms with Crippen molar-refractivity contribution in [2.75, 3.05) is 26.2 Å². The molecular weight excluding hydrogens is 497 g/mol. The van der Waals surface area contributed by atoms with E-state index in [1.807, 2.05) is 0 Å². The molecule has 3 aromatic rings. The van der Waals surface area contributed by atoms with Crippen LogP contribution in [0.1, 0.15) is 31.5 Å². The Bertz CT molecular complexity index is 1210. The number of rotatable bonds is 4. The first-order valence-corrected chi connectivity index (χ1v) is 12.3. The van der Waals surface area contributed by atoms with Crippen molar-refractivity contribution in [3.63, 3.8) is 0 Å². The Morgan fingerprint density at radius 3 is 2.58 bits per heavy atom. The maximum absolute atomic E-state index is 13.0. The lowest BCUT2D eigenvalue weighted by Gasteiger charge is -2.41. The number of aromatic nitrogens is 1. The number of nitrogens with one attached hydrogen (secondary N) is 1. The number of halogens is 4. The largest absolute Gasteiger partial charge is 0.416 e. The van der Waals surface area contributed by atoms with Crippen molar-refractivity contribution in [2.45, 2.75) is 24.7 Å². The number of fused-ring (bicyclic) bond motifs is 1. The Morgan fingerprint density at radius 1 is 1.12 bits per heavy atom. The number of benzene rings is 1. The van der Waals surface area contributed by atoms with E-state index in [0.717, 1.165) is 29.9 Å². The zero-order valence-electron chi connectivity index (χ0n) is 17.1. The van der Waals surface area contributed by atoms with Crippen LogP contribution < -0.4 is 5.32 Å². The molecule has 2 aliphatic heterocycles. The first kappa shape index (κ1) is 22.6. The van der Waals surface area contributed by atoms with Gasteiger partial charge in [-0.3, -0.25) is 9.59 Å². The van der Waals surface area contributed by atoms with Gasteiger partial charge in [0.05, 0.1) is 10.6 Å². The fourth-order valence-corrected chi connectivity index (χ4v) is 6.27. The molecule has 6 nitrogen and oxygen atoms in total. The molecule has 2 saturated heterocycles. The monoisotopic (exact) mass is 514 g/mol. The molecule has 0 bridgehead atoms. The molecule has 12 heteroatoms. The third-order valence-corrected chi connectivity index (χ3v) is 8.29. The lowest BCUT2D eigenvalue weighted by molar-refractivity contribution is -0.137. The van der Waals surface area contributed by atoms with Gasteiger partial charge in [0.25, 0.3) is 11.8 Å². The summed E-state index contributed by atoms with van der Waals surface area (Å²) in [6.45, 7) is 2.21. The highest BCUT2D eigenvalue weighted by Gasteiger charge is 2.37. The van der Waals surface area contributed by atoms with Gasteiger partial charge < -0.3 is 15.1 Å². The molecule has 2 aromatic heterocycles. The maximum Gasteiger partial charge on any atom is 0.416 e. The zero-order valence-corrected chi connectivity index (χ0v) is 19.5. The summed E-state index contributed by atoms with van der Waals surface area (Å²) in [5.41, 5.74) is -0.765. The van der Waals surface area contributed by atoms with Gasteiger partial charge in [-0.25, -0.2) is 4.98 Å². The van der Waals surface area contributed by atoms with E-state index < -0.39 is 11.7 Å². The van der Waals surface area contributed by atoms with Gasteiger partial charge in [0.2, 0.25) is 0 Å². The molecule has 33 heavy (non-hydrogen) atoms. The predicted octanol–water partition coefficient (Wildman–Crippen LogP) is 4.36. The standard InChI is InChI=1S/C21H18ClF3N4O2S2/c22-16-14-2-1-11(21(23,24)25)7-15(14)33-17(16)19(30)29-9-13(10-29)27-12-3-5-28(8-12)20(31)18-26-4-6-32-18/h1-2,4,6-7,12-13,27H,3,5,8-10H2. The van der Waals surface area contributed by atoms with E-state index >= 15 is 0 Å². The highest BCUT2D eigenvalue weighted by atomic mass is 35.5.